The molecule has 0 saturated carbocycles. The number of thioether (sulfide) groups is 1. The Hall–Kier alpha value is -2.28. The number of nitrogens with one attached hydrogen (secondary N) is 4. The Bertz CT molecular complexity index is 1070. The monoisotopic (exact) mass is 431 g/mol. The second kappa shape index (κ2) is 7.62. The maximum absolute atomic E-state index is 8.36. The van der Waals surface area contributed by atoms with Gasteiger partial charge in [0.25, 0.3) is 0 Å². The molecule has 0 amide bonds. The predicted octanol–water partition coefficient (Wildman–Crippen LogP) is 5.48. The Morgan fingerprint density at radius 3 is 2.39 bits per heavy atom. The summed E-state index contributed by atoms with van der Waals surface area (Å²) in [6.45, 7) is 6.15. The number of aryl methyl sites for hydroxylation is 2. The van der Waals surface area contributed by atoms with Crippen molar-refractivity contribution in [1.29, 1.82) is 10.8 Å². The summed E-state index contributed by atoms with van der Waals surface area (Å²) < 4.78 is 0. The van der Waals surface area contributed by atoms with Gasteiger partial charge in [0.15, 0.2) is 11.0 Å². The number of nitrogens with zero attached hydrogens (tertiary/aromatic N) is 1. The number of anilines is 1. The van der Waals surface area contributed by atoms with Crippen LogP contribution in [0.25, 0.3) is 5.70 Å². The van der Waals surface area contributed by atoms with Crippen LogP contribution in [0, 0.1) is 31.6 Å². The molecule has 0 fully saturated rings. The standard InChI is InChI=1S/C20H18ClN5S.ClH/c1-9-8-10(2)14-15(11(9)3)16(25-18(14)22)17-19(23)26-20(27-17)24-13-6-4-12(21)5-7-13;/h4-8H,1-3H3,(H2,22,25)(H2,23,24,26);1H/b17-16+;. The van der Waals surface area contributed by atoms with Gasteiger partial charge in [-0.3, -0.25) is 10.8 Å². The molecule has 0 saturated heterocycles. The lowest BCUT2D eigenvalue weighted by molar-refractivity contribution is 1.27. The van der Waals surface area contributed by atoms with Gasteiger partial charge in [0, 0.05) is 21.8 Å². The van der Waals surface area contributed by atoms with E-state index in [4.69, 9.17) is 22.4 Å². The number of fused-ring (bicyclic) bond motifs is 1. The predicted molar refractivity (Wildman–Crippen MR) is 123 cm³/mol. The highest BCUT2D eigenvalue weighted by Crippen LogP contribution is 2.40. The molecule has 0 aliphatic carbocycles. The van der Waals surface area contributed by atoms with E-state index in [9.17, 15) is 0 Å². The first-order valence-electron chi connectivity index (χ1n) is 8.44. The summed E-state index contributed by atoms with van der Waals surface area (Å²) in [6.07, 6.45) is 0. The number of aliphatic imine (C=N–C) groups is 1. The van der Waals surface area contributed by atoms with Crippen LogP contribution in [0.5, 0.6) is 0 Å². The molecule has 0 radical (unpaired) electrons. The topological polar surface area (TPSA) is 84.1 Å². The molecule has 144 valence electrons. The fourth-order valence-electron chi connectivity index (χ4n) is 3.34. The number of hydrogen-bond acceptors (Lipinski definition) is 4. The molecular formula is C20H19Cl2N5S. The summed E-state index contributed by atoms with van der Waals surface area (Å²) >= 11 is 7.33. The number of hydrogen-bond donors (Lipinski definition) is 4. The lowest BCUT2D eigenvalue weighted by atomic mass is 9.93. The zero-order chi connectivity index (χ0) is 19.3. The molecule has 28 heavy (non-hydrogen) atoms. The molecule has 0 unspecified atom stereocenters. The van der Waals surface area contributed by atoms with Crippen LogP contribution in [0.4, 0.5) is 5.69 Å². The Labute approximate surface area is 179 Å². The van der Waals surface area contributed by atoms with Crippen molar-refractivity contribution < 1.29 is 0 Å². The van der Waals surface area contributed by atoms with Crippen LogP contribution in [0.15, 0.2) is 40.2 Å². The fraction of sp³-hybridized carbons (Fsp3) is 0.150. The summed E-state index contributed by atoms with van der Waals surface area (Å²) in [5.74, 6) is 0.568. The molecule has 4 rings (SSSR count). The van der Waals surface area contributed by atoms with Gasteiger partial charge in [0.2, 0.25) is 0 Å². The third kappa shape index (κ3) is 3.43. The normalized spacial score (nSPS) is 17.8. The molecule has 2 aromatic rings. The maximum atomic E-state index is 8.36. The highest BCUT2D eigenvalue weighted by Gasteiger charge is 2.32. The molecule has 0 atom stereocenters. The maximum Gasteiger partial charge on any atom is 0.173 e. The third-order valence-corrected chi connectivity index (χ3v) is 5.98. The molecule has 8 heteroatoms. The van der Waals surface area contributed by atoms with Crippen molar-refractivity contribution in [2.45, 2.75) is 20.8 Å². The molecule has 2 aromatic carbocycles. The summed E-state index contributed by atoms with van der Waals surface area (Å²) in [4.78, 5) is 5.08. The third-order valence-electron chi connectivity index (χ3n) is 4.74. The van der Waals surface area contributed by atoms with Crippen molar-refractivity contribution in [2.24, 2.45) is 4.99 Å². The van der Waals surface area contributed by atoms with E-state index in [1.807, 2.05) is 19.1 Å². The van der Waals surface area contributed by atoms with E-state index in [-0.39, 0.29) is 18.2 Å². The number of rotatable bonds is 1. The number of amidine groups is 3. The van der Waals surface area contributed by atoms with Gasteiger partial charge in [0.1, 0.15) is 5.84 Å². The van der Waals surface area contributed by atoms with Crippen LogP contribution < -0.4 is 10.6 Å². The van der Waals surface area contributed by atoms with Gasteiger partial charge < -0.3 is 10.6 Å². The van der Waals surface area contributed by atoms with E-state index in [2.05, 4.69) is 35.5 Å². The van der Waals surface area contributed by atoms with E-state index >= 15 is 0 Å². The highest BCUT2D eigenvalue weighted by atomic mass is 35.5. The van der Waals surface area contributed by atoms with Gasteiger partial charge in [-0.2, -0.15) is 0 Å². The molecule has 2 aliphatic heterocycles. The highest BCUT2D eigenvalue weighted by molar-refractivity contribution is 8.19. The molecule has 5 nitrogen and oxygen atoms in total. The average Bonchev–Trinajstić information content (AvgIpc) is 3.15. The first-order valence-corrected chi connectivity index (χ1v) is 9.64. The van der Waals surface area contributed by atoms with Crippen molar-refractivity contribution in [2.75, 3.05) is 5.32 Å². The molecule has 0 bridgehead atoms. The molecule has 0 aromatic heterocycles. The molecular weight excluding hydrogens is 413 g/mol. The lowest BCUT2D eigenvalue weighted by Crippen LogP contribution is -2.14. The minimum atomic E-state index is 0. The van der Waals surface area contributed by atoms with Crippen molar-refractivity contribution >= 4 is 64.0 Å². The Kier molecular flexibility index (Phi) is 5.57. The Balaban J connectivity index is 0.00000225. The summed E-state index contributed by atoms with van der Waals surface area (Å²) in [7, 11) is 0. The number of halogens is 2. The van der Waals surface area contributed by atoms with E-state index in [1.165, 1.54) is 17.3 Å². The zero-order valence-corrected chi connectivity index (χ0v) is 17.9. The van der Waals surface area contributed by atoms with Crippen molar-refractivity contribution in [3.63, 3.8) is 0 Å². The van der Waals surface area contributed by atoms with Gasteiger partial charge in [-0.05, 0) is 73.5 Å². The number of benzene rings is 2. The smallest absolute Gasteiger partial charge is 0.173 e. The Morgan fingerprint density at radius 2 is 1.71 bits per heavy atom. The quantitative estimate of drug-likeness (QED) is 0.482. The minimum absolute atomic E-state index is 0. The van der Waals surface area contributed by atoms with Crippen molar-refractivity contribution in [3.05, 3.63) is 68.1 Å². The average molecular weight is 432 g/mol. The van der Waals surface area contributed by atoms with Gasteiger partial charge in [0.05, 0.1) is 10.6 Å². The van der Waals surface area contributed by atoms with Crippen LogP contribution in [0.1, 0.15) is 27.8 Å². The van der Waals surface area contributed by atoms with Crippen LogP contribution in [-0.4, -0.2) is 16.8 Å². The SMILES string of the molecule is Cc1cc(C)c2c(c1C)/C(=C1\SC(Nc3ccc(Cl)cc3)=NC1=N)NC2=N.Cl. The van der Waals surface area contributed by atoms with E-state index < -0.39 is 0 Å². The van der Waals surface area contributed by atoms with Gasteiger partial charge in [-0.25, -0.2) is 4.99 Å². The molecule has 0 spiro atoms. The molecule has 2 aliphatic rings. The van der Waals surface area contributed by atoms with E-state index in [0.717, 1.165) is 38.5 Å². The van der Waals surface area contributed by atoms with Gasteiger partial charge in [-0.15, -0.1) is 12.4 Å². The summed E-state index contributed by atoms with van der Waals surface area (Å²) in [6, 6.07) is 9.46. The largest absolute Gasteiger partial charge is 0.339 e. The Morgan fingerprint density at radius 1 is 1.04 bits per heavy atom. The molecule has 4 N–H and O–H groups in total. The van der Waals surface area contributed by atoms with E-state index in [1.54, 1.807) is 12.1 Å². The first-order chi connectivity index (χ1) is 12.8. The van der Waals surface area contributed by atoms with Crippen LogP contribution in [-0.2, 0) is 0 Å². The summed E-state index contributed by atoms with van der Waals surface area (Å²) in [5.41, 5.74) is 6.94. The first kappa shape index (κ1) is 20.5. The fourth-order valence-corrected chi connectivity index (χ4v) is 4.36. The summed E-state index contributed by atoms with van der Waals surface area (Å²) in [5, 5.41) is 24.4. The minimum Gasteiger partial charge on any atom is -0.339 e. The van der Waals surface area contributed by atoms with E-state index in [0.29, 0.717) is 16.0 Å². The zero-order valence-electron chi connectivity index (χ0n) is 15.5. The van der Waals surface area contributed by atoms with Crippen LogP contribution >= 0.6 is 35.8 Å². The van der Waals surface area contributed by atoms with Gasteiger partial charge >= 0.3 is 0 Å². The second-order valence-electron chi connectivity index (χ2n) is 6.59. The lowest BCUT2D eigenvalue weighted by Gasteiger charge is -2.12. The molecule has 2 heterocycles. The van der Waals surface area contributed by atoms with Crippen molar-refractivity contribution in [1.82, 2.24) is 5.32 Å². The van der Waals surface area contributed by atoms with Gasteiger partial charge in [-0.1, -0.05) is 17.7 Å². The van der Waals surface area contributed by atoms with Crippen LogP contribution in [0.2, 0.25) is 5.02 Å². The van der Waals surface area contributed by atoms with Crippen molar-refractivity contribution in [3.8, 4) is 0 Å². The van der Waals surface area contributed by atoms with Crippen LogP contribution in [0.3, 0.4) is 0 Å². The second-order valence-corrected chi connectivity index (χ2v) is 8.02.